The van der Waals surface area contributed by atoms with Crippen molar-refractivity contribution in [3.63, 3.8) is 0 Å². The fourth-order valence-corrected chi connectivity index (χ4v) is 2.21. The Morgan fingerprint density at radius 1 is 1.38 bits per heavy atom. The van der Waals surface area contributed by atoms with Crippen molar-refractivity contribution in [2.45, 2.75) is 0 Å². The van der Waals surface area contributed by atoms with E-state index in [4.69, 9.17) is 10.4 Å². The van der Waals surface area contributed by atoms with E-state index in [2.05, 4.69) is 0 Å². The molecule has 2 aromatic rings. The quantitative estimate of drug-likeness (QED) is 0.861. The second kappa shape index (κ2) is 4.17. The van der Waals surface area contributed by atoms with Gasteiger partial charge in [-0.3, -0.25) is 0 Å². The molecule has 0 spiro atoms. The molecular formula is C12H7NO2S. The monoisotopic (exact) mass is 229 g/mol. The van der Waals surface area contributed by atoms with Crippen molar-refractivity contribution in [1.29, 1.82) is 5.26 Å². The van der Waals surface area contributed by atoms with E-state index in [1.807, 2.05) is 6.07 Å². The number of nitriles is 1. The van der Waals surface area contributed by atoms with E-state index < -0.39 is 5.97 Å². The molecule has 0 aliphatic heterocycles. The first kappa shape index (κ1) is 10.4. The fourth-order valence-electron chi connectivity index (χ4n) is 1.46. The van der Waals surface area contributed by atoms with Gasteiger partial charge in [0.05, 0.1) is 11.6 Å². The third-order valence-electron chi connectivity index (χ3n) is 2.16. The third-order valence-corrected chi connectivity index (χ3v) is 3.06. The Hall–Kier alpha value is -2.12. The summed E-state index contributed by atoms with van der Waals surface area (Å²) in [5.41, 5.74) is 1.95. The summed E-state index contributed by atoms with van der Waals surface area (Å²) in [6.45, 7) is 0. The predicted octanol–water partition coefficient (Wildman–Crippen LogP) is 2.98. The zero-order chi connectivity index (χ0) is 11.5. The van der Waals surface area contributed by atoms with Gasteiger partial charge in [-0.1, -0.05) is 12.1 Å². The van der Waals surface area contributed by atoms with Gasteiger partial charge in [0.1, 0.15) is 4.88 Å². The van der Waals surface area contributed by atoms with Gasteiger partial charge in [-0.05, 0) is 29.1 Å². The van der Waals surface area contributed by atoms with Crippen LogP contribution in [-0.4, -0.2) is 11.1 Å². The number of thiophene rings is 1. The third kappa shape index (κ3) is 1.81. The lowest BCUT2D eigenvalue weighted by Gasteiger charge is -2.00. The highest BCUT2D eigenvalue weighted by atomic mass is 32.1. The molecule has 0 aliphatic rings. The van der Waals surface area contributed by atoms with Gasteiger partial charge in [0.2, 0.25) is 0 Å². The van der Waals surface area contributed by atoms with Crippen molar-refractivity contribution < 1.29 is 9.90 Å². The van der Waals surface area contributed by atoms with Gasteiger partial charge in [-0.25, -0.2) is 4.79 Å². The molecule has 0 atom stereocenters. The molecule has 78 valence electrons. The second-order valence-corrected chi connectivity index (χ2v) is 4.08. The zero-order valence-corrected chi connectivity index (χ0v) is 8.99. The van der Waals surface area contributed by atoms with E-state index in [0.717, 1.165) is 5.56 Å². The summed E-state index contributed by atoms with van der Waals surface area (Å²) in [5, 5.41) is 19.5. The molecule has 0 fully saturated rings. The maximum absolute atomic E-state index is 11.0. The van der Waals surface area contributed by atoms with E-state index in [1.54, 1.807) is 35.7 Å². The molecule has 1 aromatic carbocycles. The SMILES string of the molecule is N#Cc1cccc(-c2ccsc2C(=O)O)c1. The number of hydrogen-bond donors (Lipinski definition) is 1. The Morgan fingerprint density at radius 3 is 2.88 bits per heavy atom. The van der Waals surface area contributed by atoms with Crippen LogP contribution in [0.1, 0.15) is 15.2 Å². The van der Waals surface area contributed by atoms with Crippen LogP contribution in [0.5, 0.6) is 0 Å². The van der Waals surface area contributed by atoms with Gasteiger partial charge in [0.15, 0.2) is 0 Å². The average molecular weight is 229 g/mol. The van der Waals surface area contributed by atoms with Crippen LogP contribution in [0.3, 0.4) is 0 Å². The molecule has 0 amide bonds. The zero-order valence-electron chi connectivity index (χ0n) is 8.18. The van der Waals surface area contributed by atoms with Crippen molar-refractivity contribution in [2.24, 2.45) is 0 Å². The summed E-state index contributed by atoms with van der Waals surface area (Å²) in [4.78, 5) is 11.3. The Balaban J connectivity index is 2.55. The van der Waals surface area contributed by atoms with Crippen molar-refractivity contribution >= 4 is 17.3 Å². The summed E-state index contributed by atoms with van der Waals surface area (Å²) in [5.74, 6) is -0.938. The van der Waals surface area contributed by atoms with Crippen molar-refractivity contribution in [1.82, 2.24) is 0 Å². The molecule has 0 radical (unpaired) electrons. The average Bonchev–Trinajstić information content (AvgIpc) is 2.78. The normalized spacial score (nSPS) is 9.69. The molecule has 2 rings (SSSR count). The molecule has 4 heteroatoms. The van der Waals surface area contributed by atoms with Gasteiger partial charge >= 0.3 is 5.97 Å². The molecule has 0 saturated heterocycles. The van der Waals surface area contributed by atoms with Gasteiger partial charge in [0, 0.05) is 5.56 Å². The van der Waals surface area contributed by atoms with Crippen LogP contribution in [0, 0.1) is 11.3 Å². The van der Waals surface area contributed by atoms with Crippen molar-refractivity contribution in [2.75, 3.05) is 0 Å². The van der Waals surface area contributed by atoms with E-state index >= 15 is 0 Å². The van der Waals surface area contributed by atoms with E-state index in [0.29, 0.717) is 16.0 Å². The Kier molecular flexibility index (Phi) is 2.71. The standard InChI is InChI=1S/C12H7NO2S/c13-7-8-2-1-3-9(6-8)10-4-5-16-11(10)12(14)15/h1-6H,(H,14,15). The summed E-state index contributed by atoms with van der Waals surface area (Å²) >= 11 is 1.18. The number of carbonyl (C=O) groups is 1. The number of aromatic carboxylic acids is 1. The predicted molar refractivity (Wildman–Crippen MR) is 61.4 cm³/mol. The highest BCUT2D eigenvalue weighted by Gasteiger charge is 2.13. The van der Waals surface area contributed by atoms with E-state index in [-0.39, 0.29) is 0 Å². The number of hydrogen-bond acceptors (Lipinski definition) is 3. The smallest absolute Gasteiger partial charge is 0.346 e. The van der Waals surface area contributed by atoms with Crippen LogP contribution < -0.4 is 0 Å². The van der Waals surface area contributed by atoms with Crippen LogP contribution in [0.2, 0.25) is 0 Å². The maximum atomic E-state index is 11.0. The van der Waals surface area contributed by atoms with Crippen LogP contribution in [0.25, 0.3) is 11.1 Å². The molecule has 1 aromatic heterocycles. The van der Waals surface area contributed by atoms with Crippen molar-refractivity contribution in [3.05, 3.63) is 46.2 Å². The number of nitrogens with zero attached hydrogens (tertiary/aromatic N) is 1. The first-order valence-electron chi connectivity index (χ1n) is 4.53. The molecule has 0 bridgehead atoms. The van der Waals surface area contributed by atoms with Crippen molar-refractivity contribution in [3.8, 4) is 17.2 Å². The van der Waals surface area contributed by atoms with Gasteiger partial charge in [-0.2, -0.15) is 5.26 Å². The number of carboxylic acid groups (broad SMARTS) is 1. The number of benzene rings is 1. The van der Waals surface area contributed by atoms with Gasteiger partial charge in [0.25, 0.3) is 0 Å². The topological polar surface area (TPSA) is 61.1 Å². The summed E-state index contributed by atoms with van der Waals surface area (Å²) < 4.78 is 0. The van der Waals surface area contributed by atoms with Crippen LogP contribution in [0.15, 0.2) is 35.7 Å². The minimum absolute atomic E-state index is 0.301. The second-order valence-electron chi connectivity index (χ2n) is 3.16. The minimum atomic E-state index is -0.938. The highest BCUT2D eigenvalue weighted by Crippen LogP contribution is 2.28. The van der Waals surface area contributed by atoms with Gasteiger partial charge in [-0.15, -0.1) is 11.3 Å². The molecule has 3 nitrogen and oxygen atoms in total. The number of carboxylic acids is 1. The van der Waals surface area contributed by atoms with E-state index in [9.17, 15) is 4.79 Å². The molecule has 0 saturated carbocycles. The largest absolute Gasteiger partial charge is 0.477 e. The summed E-state index contributed by atoms with van der Waals surface area (Å²) in [6.07, 6.45) is 0. The molecule has 0 aliphatic carbocycles. The van der Waals surface area contributed by atoms with Gasteiger partial charge < -0.3 is 5.11 Å². The lowest BCUT2D eigenvalue weighted by molar-refractivity contribution is 0.0703. The van der Waals surface area contributed by atoms with Crippen LogP contribution >= 0.6 is 11.3 Å². The minimum Gasteiger partial charge on any atom is -0.477 e. The Labute approximate surface area is 96.2 Å². The summed E-state index contributed by atoms with van der Waals surface area (Å²) in [6, 6.07) is 10.7. The Morgan fingerprint density at radius 2 is 2.19 bits per heavy atom. The molecule has 16 heavy (non-hydrogen) atoms. The molecule has 1 N–H and O–H groups in total. The van der Waals surface area contributed by atoms with E-state index in [1.165, 1.54) is 11.3 Å². The summed E-state index contributed by atoms with van der Waals surface area (Å²) in [7, 11) is 0. The first-order valence-corrected chi connectivity index (χ1v) is 5.41. The fraction of sp³-hybridized carbons (Fsp3) is 0. The number of rotatable bonds is 2. The van der Waals surface area contributed by atoms with Crippen LogP contribution in [0.4, 0.5) is 0 Å². The molecule has 1 heterocycles. The molecular weight excluding hydrogens is 222 g/mol. The Bertz CT molecular complexity index is 581. The molecule has 0 unspecified atom stereocenters. The highest BCUT2D eigenvalue weighted by molar-refractivity contribution is 7.12. The lowest BCUT2D eigenvalue weighted by Crippen LogP contribution is -1.94. The maximum Gasteiger partial charge on any atom is 0.346 e. The first-order chi connectivity index (χ1) is 7.72. The van der Waals surface area contributed by atoms with Crippen LogP contribution in [-0.2, 0) is 0 Å². The lowest BCUT2D eigenvalue weighted by atomic mass is 10.0.